The Bertz CT molecular complexity index is 808. The predicted octanol–water partition coefficient (Wildman–Crippen LogP) is 3.80. The number of halogens is 1. The molecule has 7 nitrogen and oxygen atoms in total. The average molecular weight is 362 g/mol. The molecule has 130 valence electrons. The molecule has 0 bridgehead atoms. The minimum Gasteiger partial charge on any atom is -0.493 e. The van der Waals surface area contributed by atoms with Crippen LogP contribution in [0.1, 0.15) is 29.3 Å². The summed E-state index contributed by atoms with van der Waals surface area (Å²) < 4.78 is 5.52. The van der Waals surface area contributed by atoms with Gasteiger partial charge in [-0.1, -0.05) is 36.7 Å². The van der Waals surface area contributed by atoms with Crippen molar-refractivity contribution in [2.24, 2.45) is 5.10 Å². The SMILES string of the molecule is CCCOc1ccccc1C(=O)NN=Cc1ccc(Cl)c([N+](=O)[O-])c1. The van der Waals surface area contributed by atoms with Gasteiger partial charge in [-0.2, -0.15) is 5.10 Å². The van der Waals surface area contributed by atoms with Crippen LogP contribution in [0.2, 0.25) is 5.02 Å². The minimum atomic E-state index is -0.584. The van der Waals surface area contributed by atoms with Crippen LogP contribution in [-0.2, 0) is 0 Å². The smallest absolute Gasteiger partial charge is 0.288 e. The molecule has 0 aliphatic carbocycles. The van der Waals surface area contributed by atoms with Crippen LogP contribution in [0, 0.1) is 10.1 Å². The maximum Gasteiger partial charge on any atom is 0.288 e. The van der Waals surface area contributed by atoms with Gasteiger partial charge < -0.3 is 4.74 Å². The lowest BCUT2D eigenvalue weighted by Gasteiger charge is -2.09. The van der Waals surface area contributed by atoms with E-state index in [2.05, 4.69) is 10.5 Å². The highest BCUT2D eigenvalue weighted by molar-refractivity contribution is 6.32. The highest BCUT2D eigenvalue weighted by atomic mass is 35.5. The Kier molecular flexibility index (Phi) is 6.47. The maximum atomic E-state index is 12.2. The molecule has 0 fully saturated rings. The third-order valence-corrected chi connectivity index (χ3v) is 3.46. The number of rotatable bonds is 7. The number of carbonyl (C=O) groups excluding carboxylic acids is 1. The fourth-order valence-electron chi connectivity index (χ4n) is 1.97. The van der Waals surface area contributed by atoms with E-state index < -0.39 is 10.8 Å². The molecule has 1 N–H and O–H groups in total. The van der Waals surface area contributed by atoms with Crippen molar-refractivity contribution in [2.45, 2.75) is 13.3 Å². The van der Waals surface area contributed by atoms with Gasteiger partial charge in [0.25, 0.3) is 11.6 Å². The Labute approximate surface area is 149 Å². The fraction of sp³-hybridized carbons (Fsp3) is 0.176. The first-order valence-corrected chi connectivity index (χ1v) is 7.90. The summed E-state index contributed by atoms with van der Waals surface area (Å²) >= 11 is 5.74. The van der Waals surface area contributed by atoms with Gasteiger partial charge in [0.2, 0.25) is 0 Å². The van der Waals surface area contributed by atoms with Crippen molar-refractivity contribution < 1.29 is 14.5 Å². The van der Waals surface area contributed by atoms with Gasteiger partial charge in [0.1, 0.15) is 10.8 Å². The third kappa shape index (κ3) is 5.02. The molecule has 0 unspecified atom stereocenters. The molecular formula is C17H16ClN3O4. The van der Waals surface area contributed by atoms with Crippen LogP contribution in [0.4, 0.5) is 5.69 Å². The first-order chi connectivity index (χ1) is 12.0. The number of nitro groups is 1. The molecule has 2 aromatic rings. The van der Waals surface area contributed by atoms with Gasteiger partial charge in [0.15, 0.2) is 0 Å². The third-order valence-electron chi connectivity index (χ3n) is 3.14. The Hall–Kier alpha value is -2.93. The number of carbonyl (C=O) groups is 1. The quantitative estimate of drug-likeness (QED) is 0.461. The Morgan fingerprint density at radius 1 is 1.36 bits per heavy atom. The molecule has 25 heavy (non-hydrogen) atoms. The number of benzene rings is 2. The summed E-state index contributed by atoms with van der Waals surface area (Å²) in [7, 11) is 0. The monoisotopic (exact) mass is 361 g/mol. The first-order valence-electron chi connectivity index (χ1n) is 7.52. The molecule has 0 radical (unpaired) electrons. The van der Waals surface area contributed by atoms with Crippen molar-refractivity contribution in [2.75, 3.05) is 6.61 Å². The Balaban J connectivity index is 2.09. The lowest BCUT2D eigenvalue weighted by Crippen LogP contribution is -2.18. The largest absolute Gasteiger partial charge is 0.493 e. The van der Waals surface area contributed by atoms with E-state index in [1.807, 2.05) is 6.92 Å². The molecule has 0 aromatic heterocycles. The number of hydrazone groups is 1. The molecule has 0 spiro atoms. The average Bonchev–Trinajstić information content (AvgIpc) is 2.61. The van der Waals surface area contributed by atoms with E-state index in [0.29, 0.717) is 23.5 Å². The van der Waals surface area contributed by atoms with Crippen molar-refractivity contribution in [3.63, 3.8) is 0 Å². The van der Waals surface area contributed by atoms with Crippen molar-refractivity contribution >= 4 is 29.4 Å². The standard InChI is InChI=1S/C17H16ClN3O4/c1-2-9-25-16-6-4-3-5-13(16)17(22)20-19-11-12-7-8-14(18)15(10-12)21(23)24/h3-8,10-11H,2,9H2,1H3,(H,20,22). The number of nitrogens with one attached hydrogen (secondary N) is 1. The van der Waals surface area contributed by atoms with Gasteiger partial charge in [-0.3, -0.25) is 14.9 Å². The summed E-state index contributed by atoms with van der Waals surface area (Å²) in [5.74, 6) is 0.0330. The fourth-order valence-corrected chi connectivity index (χ4v) is 2.15. The second kappa shape index (κ2) is 8.79. The Morgan fingerprint density at radius 3 is 2.84 bits per heavy atom. The highest BCUT2D eigenvalue weighted by Crippen LogP contribution is 2.24. The predicted molar refractivity (Wildman–Crippen MR) is 95.4 cm³/mol. The molecule has 0 saturated heterocycles. The second-order valence-corrected chi connectivity index (χ2v) is 5.42. The van der Waals surface area contributed by atoms with E-state index in [4.69, 9.17) is 16.3 Å². The van der Waals surface area contributed by atoms with Crippen LogP contribution in [0.5, 0.6) is 5.75 Å². The molecule has 8 heteroatoms. The number of nitro benzene ring substituents is 1. The van der Waals surface area contributed by atoms with E-state index >= 15 is 0 Å². The number of para-hydroxylation sites is 1. The van der Waals surface area contributed by atoms with Crippen LogP contribution >= 0.6 is 11.6 Å². The van der Waals surface area contributed by atoms with Crippen LogP contribution < -0.4 is 10.2 Å². The molecule has 2 rings (SSSR count). The molecule has 0 heterocycles. The summed E-state index contributed by atoms with van der Waals surface area (Å²) in [6.45, 7) is 2.47. The van der Waals surface area contributed by atoms with Crippen molar-refractivity contribution in [3.05, 3.63) is 68.7 Å². The van der Waals surface area contributed by atoms with Gasteiger partial charge in [0.05, 0.1) is 23.3 Å². The van der Waals surface area contributed by atoms with Crippen LogP contribution in [0.15, 0.2) is 47.6 Å². The van der Waals surface area contributed by atoms with Crippen molar-refractivity contribution in [3.8, 4) is 5.75 Å². The zero-order valence-corrected chi connectivity index (χ0v) is 14.2. The number of amides is 1. The highest BCUT2D eigenvalue weighted by Gasteiger charge is 2.13. The van der Waals surface area contributed by atoms with E-state index in [1.165, 1.54) is 18.3 Å². The number of hydrogen-bond donors (Lipinski definition) is 1. The molecule has 0 atom stereocenters. The molecule has 0 aliphatic rings. The zero-order valence-electron chi connectivity index (χ0n) is 13.4. The van der Waals surface area contributed by atoms with Crippen LogP contribution in [0.3, 0.4) is 0 Å². The normalized spacial score (nSPS) is 10.6. The molecule has 1 amide bonds. The summed E-state index contributed by atoms with van der Waals surface area (Å²) in [5, 5.41) is 14.7. The molecule has 0 saturated carbocycles. The van der Waals surface area contributed by atoms with Gasteiger partial charge in [0, 0.05) is 11.6 Å². The van der Waals surface area contributed by atoms with Gasteiger partial charge in [-0.05, 0) is 24.6 Å². The van der Waals surface area contributed by atoms with Crippen LogP contribution in [0.25, 0.3) is 0 Å². The van der Waals surface area contributed by atoms with E-state index in [1.54, 1.807) is 30.3 Å². The lowest BCUT2D eigenvalue weighted by atomic mass is 10.2. The van der Waals surface area contributed by atoms with Crippen molar-refractivity contribution in [1.29, 1.82) is 0 Å². The summed E-state index contributed by atoms with van der Waals surface area (Å²) in [6, 6.07) is 11.1. The lowest BCUT2D eigenvalue weighted by molar-refractivity contribution is -0.384. The zero-order chi connectivity index (χ0) is 18.2. The van der Waals surface area contributed by atoms with E-state index in [0.717, 1.165) is 6.42 Å². The van der Waals surface area contributed by atoms with Gasteiger partial charge in [-0.15, -0.1) is 0 Å². The topological polar surface area (TPSA) is 93.8 Å². The summed E-state index contributed by atoms with van der Waals surface area (Å²) in [5.41, 5.74) is 2.94. The van der Waals surface area contributed by atoms with Gasteiger partial charge in [-0.25, -0.2) is 5.43 Å². The second-order valence-electron chi connectivity index (χ2n) is 5.01. The number of nitrogens with zero attached hydrogens (tertiary/aromatic N) is 2. The maximum absolute atomic E-state index is 12.2. The Morgan fingerprint density at radius 2 is 2.12 bits per heavy atom. The molecule has 2 aromatic carbocycles. The molecular weight excluding hydrogens is 346 g/mol. The first kappa shape index (κ1) is 18.4. The molecule has 0 aliphatic heterocycles. The van der Waals surface area contributed by atoms with Crippen molar-refractivity contribution in [1.82, 2.24) is 5.43 Å². The summed E-state index contributed by atoms with van der Waals surface area (Å²) in [6.07, 6.45) is 2.13. The van der Waals surface area contributed by atoms with Crippen LogP contribution in [-0.4, -0.2) is 23.7 Å². The van der Waals surface area contributed by atoms with E-state index in [9.17, 15) is 14.9 Å². The van der Waals surface area contributed by atoms with E-state index in [-0.39, 0.29) is 10.7 Å². The number of hydrogen-bond acceptors (Lipinski definition) is 5. The van der Waals surface area contributed by atoms with Gasteiger partial charge >= 0.3 is 0 Å². The minimum absolute atomic E-state index is 0.0354. The summed E-state index contributed by atoms with van der Waals surface area (Å²) in [4.78, 5) is 22.5. The number of ether oxygens (including phenoxy) is 1.